The molecule has 0 aliphatic heterocycles. The fourth-order valence-electron chi connectivity index (χ4n) is 3.38. The van der Waals surface area contributed by atoms with Gasteiger partial charge in [-0.15, -0.1) is 0 Å². The number of benzene rings is 1. The van der Waals surface area contributed by atoms with Gasteiger partial charge in [0, 0.05) is 24.8 Å². The van der Waals surface area contributed by atoms with Crippen LogP contribution in [0.2, 0.25) is 0 Å². The molecule has 0 amide bonds. The molecule has 1 N–H and O–H groups in total. The van der Waals surface area contributed by atoms with Gasteiger partial charge in [0.25, 0.3) is 0 Å². The normalized spacial score (nSPS) is 15.8. The maximum Gasteiger partial charge on any atom is 0.0414 e. The highest BCUT2D eigenvalue weighted by molar-refractivity contribution is 5.56. The smallest absolute Gasteiger partial charge is 0.0414 e. The standard InChI is InChI=1S/C18H30N2/c1-4-12-19-14-16-13-15(3)10-11-18(16)20(5-2)17-8-6-7-9-17/h10-11,13,17,19H,4-9,12,14H2,1-3H3. The Morgan fingerprint density at radius 2 is 1.95 bits per heavy atom. The van der Waals surface area contributed by atoms with Gasteiger partial charge >= 0.3 is 0 Å². The molecule has 0 unspecified atom stereocenters. The highest BCUT2D eigenvalue weighted by Gasteiger charge is 2.23. The average Bonchev–Trinajstić information content (AvgIpc) is 2.96. The van der Waals surface area contributed by atoms with Crippen LogP contribution in [0.25, 0.3) is 0 Å². The summed E-state index contributed by atoms with van der Waals surface area (Å²) < 4.78 is 0. The Bertz CT molecular complexity index is 408. The van der Waals surface area contributed by atoms with Crippen LogP contribution in [0.15, 0.2) is 18.2 Å². The molecule has 0 atom stereocenters. The van der Waals surface area contributed by atoms with Crippen LogP contribution in [0, 0.1) is 6.92 Å². The first-order chi connectivity index (χ1) is 9.76. The van der Waals surface area contributed by atoms with E-state index in [0.29, 0.717) is 0 Å². The summed E-state index contributed by atoms with van der Waals surface area (Å²) >= 11 is 0. The van der Waals surface area contributed by atoms with Crippen molar-refractivity contribution in [2.24, 2.45) is 0 Å². The van der Waals surface area contributed by atoms with Gasteiger partial charge in [-0.1, -0.05) is 37.5 Å². The Balaban J connectivity index is 2.18. The van der Waals surface area contributed by atoms with Crippen molar-refractivity contribution in [3.05, 3.63) is 29.3 Å². The number of nitrogens with one attached hydrogen (secondary N) is 1. The Morgan fingerprint density at radius 1 is 1.20 bits per heavy atom. The van der Waals surface area contributed by atoms with E-state index in [1.54, 1.807) is 0 Å². The second kappa shape index (κ2) is 7.68. The van der Waals surface area contributed by atoms with Crippen LogP contribution in [0.3, 0.4) is 0 Å². The predicted molar refractivity (Wildman–Crippen MR) is 88.5 cm³/mol. The molecule has 1 aromatic carbocycles. The molecule has 0 saturated heterocycles. The highest BCUT2D eigenvalue weighted by atomic mass is 15.2. The minimum absolute atomic E-state index is 0.757. The van der Waals surface area contributed by atoms with E-state index in [0.717, 1.165) is 25.7 Å². The average molecular weight is 274 g/mol. The number of anilines is 1. The number of hydrogen-bond donors (Lipinski definition) is 1. The lowest BCUT2D eigenvalue weighted by atomic mass is 10.1. The third kappa shape index (κ3) is 3.76. The summed E-state index contributed by atoms with van der Waals surface area (Å²) in [7, 11) is 0. The lowest BCUT2D eigenvalue weighted by molar-refractivity contribution is 0.611. The maximum atomic E-state index is 3.56. The summed E-state index contributed by atoms with van der Waals surface area (Å²) in [5.74, 6) is 0. The maximum absolute atomic E-state index is 3.56. The molecular weight excluding hydrogens is 244 g/mol. The van der Waals surface area contributed by atoms with Gasteiger partial charge in [-0.05, 0) is 51.3 Å². The number of nitrogens with zero attached hydrogens (tertiary/aromatic N) is 1. The molecule has 0 aromatic heterocycles. The third-order valence-electron chi connectivity index (χ3n) is 4.39. The molecular formula is C18H30N2. The molecule has 2 heteroatoms. The zero-order valence-electron chi connectivity index (χ0n) is 13.4. The van der Waals surface area contributed by atoms with Crippen LogP contribution in [-0.2, 0) is 6.54 Å². The fraction of sp³-hybridized carbons (Fsp3) is 0.667. The predicted octanol–water partition coefficient (Wildman–Crippen LogP) is 4.26. The van der Waals surface area contributed by atoms with Gasteiger partial charge in [-0.2, -0.15) is 0 Å². The largest absolute Gasteiger partial charge is 0.369 e. The molecule has 112 valence electrons. The van der Waals surface area contributed by atoms with Crippen molar-refractivity contribution in [2.45, 2.75) is 65.5 Å². The van der Waals surface area contributed by atoms with E-state index in [1.165, 1.54) is 48.9 Å². The summed E-state index contributed by atoms with van der Waals surface area (Å²) in [4.78, 5) is 2.63. The van der Waals surface area contributed by atoms with Gasteiger partial charge in [0.1, 0.15) is 0 Å². The molecule has 2 rings (SSSR count). The second-order valence-corrected chi connectivity index (χ2v) is 6.03. The van der Waals surface area contributed by atoms with E-state index in [4.69, 9.17) is 0 Å². The van der Waals surface area contributed by atoms with E-state index in [2.05, 4.69) is 49.2 Å². The molecule has 2 nitrogen and oxygen atoms in total. The van der Waals surface area contributed by atoms with Crippen molar-refractivity contribution < 1.29 is 0 Å². The summed E-state index contributed by atoms with van der Waals surface area (Å²) in [6.45, 7) is 9.92. The SMILES string of the molecule is CCCNCc1cc(C)ccc1N(CC)C1CCCC1. The summed E-state index contributed by atoms with van der Waals surface area (Å²) in [5.41, 5.74) is 4.28. The Hall–Kier alpha value is -1.02. The van der Waals surface area contributed by atoms with E-state index < -0.39 is 0 Å². The van der Waals surface area contributed by atoms with Gasteiger partial charge in [-0.25, -0.2) is 0 Å². The highest BCUT2D eigenvalue weighted by Crippen LogP contribution is 2.30. The van der Waals surface area contributed by atoms with Crippen LogP contribution >= 0.6 is 0 Å². The molecule has 0 spiro atoms. The third-order valence-corrected chi connectivity index (χ3v) is 4.39. The monoisotopic (exact) mass is 274 g/mol. The first kappa shape index (κ1) is 15.4. The van der Waals surface area contributed by atoms with Gasteiger partial charge < -0.3 is 10.2 Å². The lowest BCUT2D eigenvalue weighted by Gasteiger charge is -2.32. The molecule has 1 saturated carbocycles. The van der Waals surface area contributed by atoms with Crippen molar-refractivity contribution >= 4 is 5.69 Å². The van der Waals surface area contributed by atoms with Crippen LogP contribution in [0.4, 0.5) is 5.69 Å². The van der Waals surface area contributed by atoms with Crippen LogP contribution < -0.4 is 10.2 Å². The molecule has 0 radical (unpaired) electrons. The number of rotatable bonds is 7. The van der Waals surface area contributed by atoms with Gasteiger partial charge in [0.2, 0.25) is 0 Å². The minimum Gasteiger partial charge on any atom is -0.369 e. The summed E-state index contributed by atoms with van der Waals surface area (Å²) in [6.07, 6.45) is 6.72. The molecule has 20 heavy (non-hydrogen) atoms. The van der Waals surface area contributed by atoms with Crippen molar-refractivity contribution in [2.75, 3.05) is 18.0 Å². The van der Waals surface area contributed by atoms with E-state index >= 15 is 0 Å². The molecule has 1 aliphatic rings. The van der Waals surface area contributed by atoms with Gasteiger partial charge in [0.05, 0.1) is 0 Å². The second-order valence-electron chi connectivity index (χ2n) is 6.03. The Kier molecular flexibility index (Phi) is 5.90. The fourth-order valence-corrected chi connectivity index (χ4v) is 3.38. The quantitative estimate of drug-likeness (QED) is 0.747. The molecule has 1 fully saturated rings. The Morgan fingerprint density at radius 3 is 2.60 bits per heavy atom. The molecule has 1 aromatic rings. The van der Waals surface area contributed by atoms with Gasteiger partial charge in [0.15, 0.2) is 0 Å². The first-order valence-corrected chi connectivity index (χ1v) is 8.33. The lowest BCUT2D eigenvalue weighted by Crippen LogP contribution is -2.34. The van der Waals surface area contributed by atoms with Crippen molar-refractivity contribution in [3.63, 3.8) is 0 Å². The summed E-state index contributed by atoms with van der Waals surface area (Å²) in [6, 6.07) is 7.71. The molecule has 1 aliphatic carbocycles. The van der Waals surface area contributed by atoms with Crippen LogP contribution in [-0.4, -0.2) is 19.1 Å². The van der Waals surface area contributed by atoms with E-state index in [-0.39, 0.29) is 0 Å². The first-order valence-electron chi connectivity index (χ1n) is 8.33. The zero-order valence-corrected chi connectivity index (χ0v) is 13.4. The summed E-state index contributed by atoms with van der Waals surface area (Å²) in [5, 5.41) is 3.56. The molecule has 0 heterocycles. The zero-order chi connectivity index (χ0) is 14.4. The van der Waals surface area contributed by atoms with Crippen molar-refractivity contribution in [1.82, 2.24) is 5.32 Å². The topological polar surface area (TPSA) is 15.3 Å². The minimum atomic E-state index is 0.757. The van der Waals surface area contributed by atoms with E-state index in [1.807, 2.05) is 0 Å². The van der Waals surface area contributed by atoms with E-state index in [9.17, 15) is 0 Å². The Labute approximate surface area is 124 Å². The number of aryl methyl sites for hydroxylation is 1. The van der Waals surface area contributed by atoms with Crippen molar-refractivity contribution in [1.29, 1.82) is 0 Å². The van der Waals surface area contributed by atoms with Crippen LogP contribution in [0.1, 0.15) is 57.1 Å². The van der Waals surface area contributed by atoms with Crippen molar-refractivity contribution in [3.8, 4) is 0 Å². The molecule has 0 bridgehead atoms. The number of hydrogen-bond acceptors (Lipinski definition) is 2. The van der Waals surface area contributed by atoms with Gasteiger partial charge in [-0.3, -0.25) is 0 Å². The van der Waals surface area contributed by atoms with Crippen LogP contribution in [0.5, 0.6) is 0 Å².